The van der Waals surface area contributed by atoms with Crippen LogP contribution in [0, 0.1) is 5.41 Å². The van der Waals surface area contributed by atoms with Crippen molar-refractivity contribution in [3.63, 3.8) is 0 Å². The van der Waals surface area contributed by atoms with Crippen molar-refractivity contribution in [2.75, 3.05) is 0 Å². The Labute approximate surface area is 72.0 Å². The summed E-state index contributed by atoms with van der Waals surface area (Å²) in [5, 5.41) is 0. The standard InChI is InChI=1S/C9H14N2O/c1-9(2-3-9)8(10)4-7-5-11-6-12-7/h5-6,8H,2-4,10H2,1H3. The molecule has 0 amide bonds. The maximum atomic E-state index is 6.02. The van der Waals surface area contributed by atoms with Gasteiger partial charge in [0.05, 0.1) is 6.20 Å². The number of nitrogens with zero attached hydrogens (tertiary/aromatic N) is 1. The van der Waals surface area contributed by atoms with Crippen molar-refractivity contribution in [3.8, 4) is 0 Å². The van der Waals surface area contributed by atoms with Crippen molar-refractivity contribution < 1.29 is 4.42 Å². The molecule has 1 saturated carbocycles. The maximum absolute atomic E-state index is 6.02. The molecule has 3 nitrogen and oxygen atoms in total. The lowest BCUT2D eigenvalue weighted by Gasteiger charge is -2.16. The van der Waals surface area contributed by atoms with Gasteiger partial charge in [-0.3, -0.25) is 0 Å². The van der Waals surface area contributed by atoms with Gasteiger partial charge in [-0.15, -0.1) is 0 Å². The topological polar surface area (TPSA) is 52.0 Å². The van der Waals surface area contributed by atoms with Crippen LogP contribution in [0.2, 0.25) is 0 Å². The Morgan fingerprint density at radius 3 is 3.00 bits per heavy atom. The van der Waals surface area contributed by atoms with Crippen LogP contribution in [0.3, 0.4) is 0 Å². The molecule has 66 valence electrons. The zero-order chi connectivity index (χ0) is 8.60. The number of rotatable bonds is 3. The predicted molar refractivity (Wildman–Crippen MR) is 45.5 cm³/mol. The van der Waals surface area contributed by atoms with Crippen LogP contribution in [0.25, 0.3) is 0 Å². The zero-order valence-corrected chi connectivity index (χ0v) is 7.29. The second kappa shape index (κ2) is 2.59. The smallest absolute Gasteiger partial charge is 0.180 e. The first-order chi connectivity index (χ1) is 5.71. The van der Waals surface area contributed by atoms with Crippen molar-refractivity contribution in [2.24, 2.45) is 11.1 Å². The molecule has 0 aromatic carbocycles. The van der Waals surface area contributed by atoms with E-state index in [0.717, 1.165) is 12.2 Å². The van der Waals surface area contributed by atoms with Crippen LogP contribution in [-0.2, 0) is 6.42 Å². The number of aromatic nitrogens is 1. The summed E-state index contributed by atoms with van der Waals surface area (Å²) in [4.78, 5) is 3.86. The van der Waals surface area contributed by atoms with Gasteiger partial charge >= 0.3 is 0 Å². The third kappa shape index (κ3) is 1.37. The minimum Gasteiger partial charge on any atom is -0.448 e. The summed E-state index contributed by atoms with van der Waals surface area (Å²) < 4.78 is 5.14. The van der Waals surface area contributed by atoms with Crippen molar-refractivity contribution in [1.29, 1.82) is 0 Å². The predicted octanol–water partition coefficient (Wildman–Crippen LogP) is 1.34. The van der Waals surface area contributed by atoms with Gasteiger partial charge in [0.15, 0.2) is 6.39 Å². The van der Waals surface area contributed by atoms with Crippen LogP contribution in [0.4, 0.5) is 0 Å². The highest BCUT2D eigenvalue weighted by Crippen LogP contribution is 2.47. The highest BCUT2D eigenvalue weighted by Gasteiger charge is 2.43. The molecule has 2 N–H and O–H groups in total. The summed E-state index contributed by atoms with van der Waals surface area (Å²) in [6.45, 7) is 2.23. The van der Waals surface area contributed by atoms with E-state index in [2.05, 4.69) is 11.9 Å². The Balaban J connectivity index is 1.95. The molecular weight excluding hydrogens is 152 g/mol. The van der Waals surface area contributed by atoms with Gasteiger partial charge in [0, 0.05) is 12.5 Å². The van der Waals surface area contributed by atoms with Crippen LogP contribution < -0.4 is 5.73 Å². The largest absolute Gasteiger partial charge is 0.448 e. The Hall–Kier alpha value is -0.830. The fourth-order valence-corrected chi connectivity index (χ4v) is 1.37. The molecule has 0 saturated heterocycles. The number of hydrogen-bond acceptors (Lipinski definition) is 3. The summed E-state index contributed by atoms with van der Waals surface area (Å²) in [7, 11) is 0. The molecule has 0 radical (unpaired) electrons. The van der Waals surface area contributed by atoms with Crippen molar-refractivity contribution in [2.45, 2.75) is 32.2 Å². The van der Waals surface area contributed by atoms with E-state index in [4.69, 9.17) is 10.2 Å². The first-order valence-electron chi connectivity index (χ1n) is 4.34. The van der Waals surface area contributed by atoms with Gasteiger partial charge in [0.2, 0.25) is 0 Å². The van der Waals surface area contributed by atoms with Crippen molar-refractivity contribution in [3.05, 3.63) is 18.4 Å². The zero-order valence-electron chi connectivity index (χ0n) is 7.29. The Kier molecular flexibility index (Phi) is 1.68. The van der Waals surface area contributed by atoms with E-state index >= 15 is 0 Å². The van der Waals surface area contributed by atoms with E-state index < -0.39 is 0 Å². The molecule has 1 heterocycles. The normalized spacial score (nSPS) is 22.2. The fraction of sp³-hybridized carbons (Fsp3) is 0.667. The fourth-order valence-electron chi connectivity index (χ4n) is 1.37. The molecule has 1 unspecified atom stereocenters. The van der Waals surface area contributed by atoms with E-state index in [9.17, 15) is 0 Å². The lowest BCUT2D eigenvalue weighted by molar-refractivity contribution is 0.394. The Morgan fingerprint density at radius 2 is 2.50 bits per heavy atom. The number of hydrogen-bond donors (Lipinski definition) is 1. The lowest BCUT2D eigenvalue weighted by Crippen LogP contribution is -2.31. The third-order valence-corrected chi connectivity index (χ3v) is 2.84. The Morgan fingerprint density at radius 1 is 1.75 bits per heavy atom. The van der Waals surface area contributed by atoms with Crippen LogP contribution in [0.1, 0.15) is 25.5 Å². The number of nitrogens with two attached hydrogens (primary N) is 1. The summed E-state index contributed by atoms with van der Waals surface area (Å²) in [5.74, 6) is 0.899. The van der Waals surface area contributed by atoms with Gasteiger partial charge in [-0.25, -0.2) is 4.98 Å². The average molecular weight is 166 g/mol. The van der Waals surface area contributed by atoms with Crippen molar-refractivity contribution >= 4 is 0 Å². The molecule has 3 heteroatoms. The summed E-state index contributed by atoms with van der Waals surface area (Å²) >= 11 is 0. The minimum absolute atomic E-state index is 0.227. The van der Waals surface area contributed by atoms with Gasteiger partial charge < -0.3 is 10.2 Å². The van der Waals surface area contributed by atoms with Crippen LogP contribution >= 0.6 is 0 Å². The lowest BCUT2D eigenvalue weighted by atomic mass is 9.96. The van der Waals surface area contributed by atoms with Gasteiger partial charge in [-0.1, -0.05) is 6.92 Å². The van der Waals surface area contributed by atoms with E-state index in [1.165, 1.54) is 19.2 Å². The molecule has 1 aromatic rings. The maximum Gasteiger partial charge on any atom is 0.180 e. The van der Waals surface area contributed by atoms with Gasteiger partial charge in [-0.05, 0) is 18.3 Å². The van der Waals surface area contributed by atoms with Gasteiger partial charge in [0.1, 0.15) is 5.76 Å². The minimum atomic E-state index is 0.227. The van der Waals surface area contributed by atoms with Gasteiger partial charge in [-0.2, -0.15) is 0 Å². The molecule has 0 aliphatic heterocycles. The summed E-state index contributed by atoms with van der Waals surface area (Å²) in [6.07, 6.45) is 6.52. The molecule has 12 heavy (non-hydrogen) atoms. The molecule has 1 atom stereocenters. The molecule has 0 spiro atoms. The van der Waals surface area contributed by atoms with Gasteiger partial charge in [0.25, 0.3) is 0 Å². The molecule has 1 fully saturated rings. The van der Waals surface area contributed by atoms with E-state index in [1.807, 2.05) is 0 Å². The monoisotopic (exact) mass is 166 g/mol. The quantitative estimate of drug-likeness (QED) is 0.737. The SMILES string of the molecule is CC1(C(N)Cc2cnco2)CC1. The third-order valence-electron chi connectivity index (χ3n) is 2.84. The second-order valence-corrected chi connectivity index (χ2v) is 3.93. The molecule has 1 aliphatic rings. The number of oxazole rings is 1. The first-order valence-corrected chi connectivity index (χ1v) is 4.34. The van der Waals surface area contributed by atoms with Crippen LogP contribution in [-0.4, -0.2) is 11.0 Å². The highest BCUT2D eigenvalue weighted by molar-refractivity contribution is 5.03. The molecule has 1 aliphatic carbocycles. The van der Waals surface area contributed by atoms with Crippen molar-refractivity contribution in [1.82, 2.24) is 4.98 Å². The Bertz CT molecular complexity index is 252. The molecule has 0 bridgehead atoms. The summed E-state index contributed by atoms with van der Waals surface area (Å²) in [5.41, 5.74) is 6.38. The molecular formula is C9H14N2O. The van der Waals surface area contributed by atoms with Crippen LogP contribution in [0.15, 0.2) is 17.0 Å². The van der Waals surface area contributed by atoms with Crippen LogP contribution in [0.5, 0.6) is 0 Å². The molecule has 2 rings (SSSR count). The average Bonchev–Trinajstić information content (AvgIpc) is 2.63. The first kappa shape index (κ1) is 7.80. The highest BCUT2D eigenvalue weighted by atomic mass is 16.3. The second-order valence-electron chi connectivity index (χ2n) is 3.93. The summed E-state index contributed by atoms with van der Waals surface area (Å²) in [6, 6.07) is 0.227. The van der Waals surface area contributed by atoms with E-state index in [-0.39, 0.29) is 6.04 Å². The molecule has 1 aromatic heterocycles. The van der Waals surface area contributed by atoms with E-state index in [0.29, 0.717) is 5.41 Å². The van der Waals surface area contributed by atoms with E-state index in [1.54, 1.807) is 6.20 Å².